The second-order valence-electron chi connectivity index (χ2n) is 3.88. The summed E-state index contributed by atoms with van der Waals surface area (Å²) in [6.45, 7) is 2.31. The Kier molecular flexibility index (Phi) is 1.85. The topological polar surface area (TPSA) is 0 Å². The molecule has 60 valence electrons. The Morgan fingerprint density at radius 1 is 1.27 bits per heavy atom. The van der Waals surface area contributed by atoms with Crippen LogP contribution < -0.4 is 0 Å². The van der Waals surface area contributed by atoms with Gasteiger partial charge in [0.05, 0.1) is 0 Å². The fourth-order valence-electron chi connectivity index (χ4n) is 2.16. The van der Waals surface area contributed by atoms with Crippen molar-refractivity contribution < 1.29 is 0 Å². The first-order chi connectivity index (χ1) is 5.36. The molecule has 0 spiro atoms. The maximum Gasteiger partial charge on any atom is -0.0221 e. The quantitative estimate of drug-likeness (QED) is 0.493. The SMILES string of the molecule is C[C@@H]1C=CC2=C(CCCC2)C1. The standard InChI is InChI=1S/C11H16/c1-9-6-7-10-4-2-3-5-11(10)8-9/h6-7,9H,2-5,8H2,1H3/t9-/m1/s1. The highest BCUT2D eigenvalue weighted by Crippen LogP contribution is 2.33. The van der Waals surface area contributed by atoms with Gasteiger partial charge in [0.15, 0.2) is 0 Å². The molecule has 0 aliphatic heterocycles. The first-order valence-corrected chi connectivity index (χ1v) is 4.75. The van der Waals surface area contributed by atoms with Crippen molar-refractivity contribution in [3.05, 3.63) is 23.3 Å². The van der Waals surface area contributed by atoms with Crippen molar-refractivity contribution in [1.82, 2.24) is 0 Å². The molecule has 1 atom stereocenters. The Morgan fingerprint density at radius 3 is 3.00 bits per heavy atom. The van der Waals surface area contributed by atoms with Crippen LogP contribution in [-0.4, -0.2) is 0 Å². The zero-order chi connectivity index (χ0) is 7.68. The summed E-state index contributed by atoms with van der Waals surface area (Å²) in [5.41, 5.74) is 3.42. The van der Waals surface area contributed by atoms with Gasteiger partial charge in [-0.3, -0.25) is 0 Å². The highest BCUT2D eigenvalue weighted by Gasteiger charge is 2.15. The van der Waals surface area contributed by atoms with Crippen LogP contribution in [0.2, 0.25) is 0 Å². The summed E-state index contributed by atoms with van der Waals surface area (Å²) in [4.78, 5) is 0. The van der Waals surface area contributed by atoms with Crippen molar-refractivity contribution in [2.24, 2.45) is 5.92 Å². The van der Waals surface area contributed by atoms with E-state index in [1.54, 1.807) is 11.1 Å². The van der Waals surface area contributed by atoms with Gasteiger partial charge < -0.3 is 0 Å². The first-order valence-electron chi connectivity index (χ1n) is 4.75. The molecule has 0 saturated heterocycles. The monoisotopic (exact) mass is 148 g/mol. The zero-order valence-electron chi connectivity index (χ0n) is 7.27. The van der Waals surface area contributed by atoms with E-state index in [9.17, 15) is 0 Å². The summed E-state index contributed by atoms with van der Waals surface area (Å²) in [6.07, 6.45) is 11.6. The van der Waals surface area contributed by atoms with Gasteiger partial charge in [-0.2, -0.15) is 0 Å². The highest BCUT2D eigenvalue weighted by molar-refractivity contribution is 5.31. The normalized spacial score (nSPS) is 30.5. The van der Waals surface area contributed by atoms with Gasteiger partial charge in [-0.25, -0.2) is 0 Å². The van der Waals surface area contributed by atoms with Crippen LogP contribution in [0.25, 0.3) is 0 Å². The van der Waals surface area contributed by atoms with E-state index in [1.165, 1.54) is 32.1 Å². The molecule has 0 amide bonds. The van der Waals surface area contributed by atoms with Crippen LogP contribution in [-0.2, 0) is 0 Å². The zero-order valence-corrected chi connectivity index (χ0v) is 7.27. The molecule has 0 heteroatoms. The predicted molar refractivity (Wildman–Crippen MR) is 48.4 cm³/mol. The molecule has 2 aliphatic carbocycles. The van der Waals surface area contributed by atoms with Crippen molar-refractivity contribution in [2.75, 3.05) is 0 Å². The van der Waals surface area contributed by atoms with Crippen LogP contribution in [0.1, 0.15) is 39.0 Å². The minimum Gasteiger partial charge on any atom is -0.0811 e. The van der Waals surface area contributed by atoms with E-state index in [0.717, 1.165) is 5.92 Å². The molecule has 0 radical (unpaired) electrons. The maximum atomic E-state index is 2.37. The van der Waals surface area contributed by atoms with Crippen LogP contribution in [0.15, 0.2) is 23.3 Å². The summed E-state index contributed by atoms with van der Waals surface area (Å²) in [7, 11) is 0. The molecular formula is C11H16. The van der Waals surface area contributed by atoms with E-state index < -0.39 is 0 Å². The predicted octanol–water partition coefficient (Wildman–Crippen LogP) is 3.45. The number of hydrogen-bond donors (Lipinski definition) is 0. The molecule has 11 heavy (non-hydrogen) atoms. The average molecular weight is 148 g/mol. The van der Waals surface area contributed by atoms with E-state index >= 15 is 0 Å². The van der Waals surface area contributed by atoms with Crippen molar-refractivity contribution in [1.29, 1.82) is 0 Å². The van der Waals surface area contributed by atoms with Gasteiger partial charge in [0.2, 0.25) is 0 Å². The highest BCUT2D eigenvalue weighted by atomic mass is 14.2. The lowest BCUT2D eigenvalue weighted by atomic mass is 9.82. The summed E-state index contributed by atoms with van der Waals surface area (Å²) in [5, 5.41) is 0. The Hall–Kier alpha value is -0.520. The summed E-state index contributed by atoms with van der Waals surface area (Å²) in [5.74, 6) is 0.798. The third kappa shape index (κ3) is 1.40. The third-order valence-corrected chi connectivity index (χ3v) is 2.82. The Bertz CT molecular complexity index is 208. The smallest absolute Gasteiger partial charge is 0.0221 e. The first kappa shape index (κ1) is 7.15. The van der Waals surface area contributed by atoms with Crippen molar-refractivity contribution in [2.45, 2.75) is 39.0 Å². The molecule has 0 fully saturated rings. The van der Waals surface area contributed by atoms with Gasteiger partial charge in [-0.1, -0.05) is 24.6 Å². The molecule has 0 aromatic carbocycles. The molecule has 0 aromatic rings. The molecule has 2 aliphatic rings. The number of allylic oxidation sites excluding steroid dienone is 4. The van der Waals surface area contributed by atoms with Crippen molar-refractivity contribution >= 4 is 0 Å². The van der Waals surface area contributed by atoms with Crippen molar-refractivity contribution in [3.63, 3.8) is 0 Å². The molecule has 0 nitrogen and oxygen atoms in total. The Labute approximate surface area is 69.0 Å². The van der Waals surface area contributed by atoms with Crippen LogP contribution in [0, 0.1) is 5.92 Å². The second kappa shape index (κ2) is 2.84. The van der Waals surface area contributed by atoms with Gasteiger partial charge >= 0.3 is 0 Å². The van der Waals surface area contributed by atoms with Crippen LogP contribution in [0.5, 0.6) is 0 Å². The molecule has 0 aromatic heterocycles. The summed E-state index contributed by atoms with van der Waals surface area (Å²) < 4.78 is 0. The fraction of sp³-hybridized carbons (Fsp3) is 0.636. The maximum absolute atomic E-state index is 2.37. The summed E-state index contributed by atoms with van der Waals surface area (Å²) in [6, 6.07) is 0. The van der Waals surface area contributed by atoms with E-state index in [-0.39, 0.29) is 0 Å². The Balaban J connectivity index is 2.20. The molecule has 0 unspecified atom stereocenters. The van der Waals surface area contributed by atoms with Gasteiger partial charge in [-0.15, -0.1) is 0 Å². The lowest BCUT2D eigenvalue weighted by Crippen LogP contribution is -2.06. The molecular weight excluding hydrogens is 132 g/mol. The van der Waals surface area contributed by atoms with E-state index in [1.807, 2.05) is 0 Å². The molecule has 0 bridgehead atoms. The van der Waals surface area contributed by atoms with Gasteiger partial charge in [0, 0.05) is 0 Å². The molecule has 0 saturated carbocycles. The third-order valence-electron chi connectivity index (χ3n) is 2.82. The van der Waals surface area contributed by atoms with Gasteiger partial charge in [-0.05, 0) is 43.6 Å². The van der Waals surface area contributed by atoms with E-state index in [0.29, 0.717) is 0 Å². The molecule has 2 rings (SSSR count). The van der Waals surface area contributed by atoms with E-state index in [2.05, 4.69) is 19.1 Å². The van der Waals surface area contributed by atoms with Crippen LogP contribution >= 0.6 is 0 Å². The minimum atomic E-state index is 0.798. The molecule has 0 heterocycles. The Morgan fingerprint density at radius 2 is 2.09 bits per heavy atom. The largest absolute Gasteiger partial charge is 0.0811 e. The minimum absolute atomic E-state index is 0.798. The van der Waals surface area contributed by atoms with Crippen LogP contribution in [0.3, 0.4) is 0 Å². The lowest BCUT2D eigenvalue weighted by Gasteiger charge is -2.23. The molecule has 0 N–H and O–H groups in total. The van der Waals surface area contributed by atoms with Crippen LogP contribution in [0.4, 0.5) is 0 Å². The second-order valence-corrected chi connectivity index (χ2v) is 3.88. The van der Waals surface area contributed by atoms with E-state index in [4.69, 9.17) is 0 Å². The average Bonchev–Trinajstić information content (AvgIpc) is 2.04. The fourth-order valence-corrected chi connectivity index (χ4v) is 2.16. The van der Waals surface area contributed by atoms with Gasteiger partial charge in [0.1, 0.15) is 0 Å². The summed E-state index contributed by atoms with van der Waals surface area (Å²) >= 11 is 0. The van der Waals surface area contributed by atoms with Gasteiger partial charge in [0.25, 0.3) is 0 Å². The number of hydrogen-bond acceptors (Lipinski definition) is 0. The number of rotatable bonds is 0. The lowest BCUT2D eigenvalue weighted by molar-refractivity contribution is 0.599. The van der Waals surface area contributed by atoms with Crippen molar-refractivity contribution in [3.8, 4) is 0 Å².